The molecule has 0 saturated carbocycles. The molecule has 3 rings (SSSR count). The predicted molar refractivity (Wildman–Crippen MR) is 112 cm³/mol. The van der Waals surface area contributed by atoms with Crippen molar-refractivity contribution in [2.24, 2.45) is 0 Å². The second-order valence-electron chi connectivity index (χ2n) is 6.92. The highest BCUT2D eigenvalue weighted by Gasteiger charge is 2.25. The van der Waals surface area contributed by atoms with Crippen LogP contribution in [0.3, 0.4) is 0 Å². The van der Waals surface area contributed by atoms with Crippen LogP contribution >= 0.6 is 0 Å². The molecular weight excluding hydrogens is 332 g/mol. The standard InChI is InChI=1S/C25H28O2/c1-3-17-27-23-15-13-20(14-16-23)25(21-11-8-12-22(26)18-21)24(4-2)19-9-6-5-7-10-19/h5-16,18,24-26H,3-4,17H2,1-2H3. The Hall–Kier alpha value is -2.74. The summed E-state index contributed by atoms with van der Waals surface area (Å²) >= 11 is 0. The van der Waals surface area contributed by atoms with Gasteiger partial charge in [0, 0.05) is 5.92 Å². The Labute approximate surface area is 162 Å². The summed E-state index contributed by atoms with van der Waals surface area (Å²) in [5, 5.41) is 10.1. The molecule has 0 heterocycles. The van der Waals surface area contributed by atoms with Gasteiger partial charge in [0.1, 0.15) is 11.5 Å². The van der Waals surface area contributed by atoms with E-state index in [2.05, 4.69) is 74.5 Å². The molecule has 0 radical (unpaired) electrons. The normalized spacial score (nSPS) is 13.1. The van der Waals surface area contributed by atoms with Gasteiger partial charge in [-0.25, -0.2) is 0 Å². The van der Waals surface area contributed by atoms with Gasteiger partial charge in [0.05, 0.1) is 6.61 Å². The molecule has 27 heavy (non-hydrogen) atoms. The molecule has 0 bridgehead atoms. The van der Waals surface area contributed by atoms with Crippen LogP contribution < -0.4 is 4.74 Å². The van der Waals surface area contributed by atoms with E-state index in [0.29, 0.717) is 11.7 Å². The van der Waals surface area contributed by atoms with Gasteiger partial charge in [-0.1, -0.05) is 68.4 Å². The first-order valence-electron chi connectivity index (χ1n) is 9.79. The van der Waals surface area contributed by atoms with E-state index >= 15 is 0 Å². The van der Waals surface area contributed by atoms with E-state index in [4.69, 9.17) is 4.74 Å². The third-order valence-corrected chi connectivity index (χ3v) is 5.01. The van der Waals surface area contributed by atoms with Crippen LogP contribution in [0.25, 0.3) is 0 Å². The van der Waals surface area contributed by atoms with Crippen LogP contribution in [0, 0.1) is 0 Å². The van der Waals surface area contributed by atoms with Gasteiger partial charge in [0.2, 0.25) is 0 Å². The van der Waals surface area contributed by atoms with Gasteiger partial charge < -0.3 is 9.84 Å². The van der Waals surface area contributed by atoms with E-state index < -0.39 is 0 Å². The van der Waals surface area contributed by atoms with Gasteiger partial charge in [-0.2, -0.15) is 0 Å². The second-order valence-corrected chi connectivity index (χ2v) is 6.92. The second kappa shape index (κ2) is 9.27. The van der Waals surface area contributed by atoms with Crippen LogP contribution in [0.5, 0.6) is 11.5 Å². The lowest BCUT2D eigenvalue weighted by Gasteiger charge is -2.28. The van der Waals surface area contributed by atoms with Crippen molar-refractivity contribution in [2.75, 3.05) is 6.61 Å². The van der Waals surface area contributed by atoms with Gasteiger partial charge in [-0.15, -0.1) is 0 Å². The highest BCUT2D eigenvalue weighted by molar-refractivity contribution is 5.42. The zero-order valence-electron chi connectivity index (χ0n) is 16.1. The third kappa shape index (κ3) is 4.71. The monoisotopic (exact) mass is 360 g/mol. The number of phenols is 1. The molecule has 2 nitrogen and oxygen atoms in total. The van der Waals surface area contributed by atoms with E-state index in [1.54, 1.807) is 6.07 Å². The smallest absolute Gasteiger partial charge is 0.119 e. The minimum absolute atomic E-state index is 0.171. The number of aromatic hydroxyl groups is 1. The molecule has 0 aliphatic heterocycles. The van der Waals surface area contributed by atoms with Crippen molar-refractivity contribution in [3.63, 3.8) is 0 Å². The van der Waals surface area contributed by atoms with Gasteiger partial charge in [-0.05, 0) is 59.7 Å². The highest BCUT2D eigenvalue weighted by atomic mass is 16.5. The summed E-state index contributed by atoms with van der Waals surface area (Å²) < 4.78 is 5.75. The van der Waals surface area contributed by atoms with Crippen molar-refractivity contribution in [1.82, 2.24) is 0 Å². The molecule has 0 aliphatic rings. The fraction of sp³-hybridized carbons (Fsp3) is 0.280. The van der Waals surface area contributed by atoms with Gasteiger partial charge in [0.15, 0.2) is 0 Å². The fourth-order valence-electron chi connectivity index (χ4n) is 3.73. The Morgan fingerprint density at radius 2 is 1.48 bits per heavy atom. The maximum atomic E-state index is 10.1. The molecule has 3 aromatic rings. The summed E-state index contributed by atoms with van der Waals surface area (Å²) in [5.41, 5.74) is 3.69. The number of hydrogen-bond donors (Lipinski definition) is 1. The fourth-order valence-corrected chi connectivity index (χ4v) is 3.73. The summed E-state index contributed by atoms with van der Waals surface area (Å²) in [5.74, 6) is 1.71. The van der Waals surface area contributed by atoms with Crippen molar-refractivity contribution in [3.05, 3.63) is 95.6 Å². The molecule has 0 amide bonds. The van der Waals surface area contributed by atoms with Crippen molar-refractivity contribution in [3.8, 4) is 11.5 Å². The van der Waals surface area contributed by atoms with Crippen molar-refractivity contribution >= 4 is 0 Å². The van der Waals surface area contributed by atoms with Crippen LogP contribution in [0.4, 0.5) is 0 Å². The highest BCUT2D eigenvalue weighted by Crippen LogP contribution is 2.41. The zero-order chi connectivity index (χ0) is 19.1. The summed E-state index contributed by atoms with van der Waals surface area (Å²) in [6, 6.07) is 26.7. The Balaban J connectivity index is 2.02. The number of phenolic OH excluding ortho intramolecular Hbond substituents is 1. The third-order valence-electron chi connectivity index (χ3n) is 5.01. The Bertz CT molecular complexity index is 824. The molecule has 1 N–H and O–H groups in total. The molecule has 0 spiro atoms. The van der Waals surface area contributed by atoms with E-state index in [0.717, 1.165) is 30.8 Å². The molecule has 140 valence electrons. The largest absolute Gasteiger partial charge is 0.508 e. The first-order chi connectivity index (χ1) is 13.2. The van der Waals surface area contributed by atoms with Crippen molar-refractivity contribution < 1.29 is 9.84 Å². The first-order valence-corrected chi connectivity index (χ1v) is 9.79. The van der Waals surface area contributed by atoms with Crippen LogP contribution in [0.2, 0.25) is 0 Å². The average molecular weight is 360 g/mol. The van der Waals surface area contributed by atoms with E-state index in [9.17, 15) is 5.11 Å². The molecule has 2 heteroatoms. The maximum Gasteiger partial charge on any atom is 0.119 e. The van der Waals surface area contributed by atoms with E-state index in [-0.39, 0.29) is 5.92 Å². The van der Waals surface area contributed by atoms with Crippen LogP contribution in [-0.2, 0) is 0 Å². The maximum absolute atomic E-state index is 10.1. The summed E-state index contributed by atoms with van der Waals surface area (Å²) in [6.07, 6.45) is 2.01. The lowest BCUT2D eigenvalue weighted by molar-refractivity contribution is 0.317. The summed E-state index contributed by atoms with van der Waals surface area (Å²) in [4.78, 5) is 0. The number of benzene rings is 3. The summed E-state index contributed by atoms with van der Waals surface area (Å²) in [7, 11) is 0. The molecule has 0 saturated heterocycles. The van der Waals surface area contributed by atoms with E-state index in [1.165, 1.54) is 11.1 Å². The molecule has 0 fully saturated rings. The zero-order valence-corrected chi connectivity index (χ0v) is 16.1. The predicted octanol–water partition coefficient (Wildman–Crippen LogP) is 6.51. The van der Waals surface area contributed by atoms with Crippen molar-refractivity contribution in [2.45, 2.75) is 38.5 Å². The summed E-state index contributed by atoms with van der Waals surface area (Å²) in [6.45, 7) is 5.07. The quantitative estimate of drug-likeness (QED) is 0.496. The molecule has 2 unspecified atom stereocenters. The molecule has 0 aliphatic carbocycles. The molecule has 2 atom stereocenters. The Morgan fingerprint density at radius 1 is 0.778 bits per heavy atom. The van der Waals surface area contributed by atoms with E-state index in [1.807, 2.05) is 12.1 Å². The Morgan fingerprint density at radius 3 is 2.11 bits per heavy atom. The van der Waals surface area contributed by atoms with Gasteiger partial charge in [0.25, 0.3) is 0 Å². The number of ether oxygens (including phenoxy) is 1. The van der Waals surface area contributed by atoms with Crippen molar-refractivity contribution in [1.29, 1.82) is 0 Å². The lowest BCUT2D eigenvalue weighted by Crippen LogP contribution is -2.12. The minimum atomic E-state index is 0.171. The minimum Gasteiger partial charge on any atom is -0.508 e. The molecule has 0 aromatic heterocycles. The Kier molecular flexibility index (Phi) is 6.54. The van der Waals surface area contributed by atoms with Crippen LogP contribution in [0.15, 0.2) is 78.9 Å². The molecular formula is C25H28O2. The topological polar surface area (TPSA) is 29.5 Å². The SMILES string of the molecule is CCCOc1ccc(C(c2cccc(O)c2)C(CC)c2ccccc2)cc1. The number of rotatable bonds is 8. The van der Waals surface area contributed by atoms with Crippen LogP contribution in [-0.4, -0.2) is 11.7 Å². The number of hydrogen-bond acceptors (Lipinski definition) is 2. The van der Waals surface area contributed by atoms with Gasteiger partial charge >= 0.3 is 0 Å². The lowest BCUT2D eigenvalue weighted by atomic mass is 9.76. The van der Waals surface area contributed by atoms with Crippen LogP contribution in [0.1, 0.15) is 55.2 Å². The van der Waals surface area contributed by atoms with Gasteiger partial charge in [-0.3, -0.25) is 0 Å². The average Bonchev–Trinajstić information content (AvgIpc) is 2.71. The molecule has 3 aromatic carbocycles. The first kappa shape index (κ1) is 19.0.